The molecule has 3 aromatic carbocycles. The number of nitrogens with one attached hydrogen (secondary N) is 1. The average molecular weight is 475 g/mol. The number of benzene rings is 3. The standard InChI is InChI=1S/C26H23ClN4OS/c1-17-6-2-5-9-23(17)31-24(21-7-3-4-8-22(21)27)29-30-26(31)33-16-18-10-12-19(13-11-18)25(32)28-20-14-15-20/h2-13,20H,14-16H2,1H3,(H,28,32). The van der Waals surface area contributed by atoms with Gasteiger partial charge < -0.3 is 5.32 Å². The number of rotatable bonds is 7. The fourth-order valence-corrected chi connectivity index (χ4v) is 4.73. The molecule has 1 amide bonds. The summed E-state index contributed by atoms with van der Waals surface area (Å²) in [5.41, 5.74) is 4.79. The fourth-order valence-electron chi connectivity index (χ4n) is 3.61. The summed E-state index contributed by atoms with van der Waals surface area (Å²) in [6.07, 6.45) is 2.16. The van der Waals surface area contributed by atoms with Crippen molar-refractivity contribution in [1.82, 2.24) is 20.1 Å². The van der Waals surface area contributed by atoms with E-state index in [1.54, 1.807) is 11.8 Å². The highest BCUT2D eigenvalue weighted by atomic mass is 35.5. The number of aryl methyl sites for hydroxylation is 1. The van der Waals surface area contributed by atoms with Gasteiger partial charge in [0.25, 0.3) is 5.91 Å². The Morgan fingerprint density at radius 2 is 1.76 bits per heavy atom. The molecular formula is C26H23ClN4OS. The van der Waals surface area contributed by atoms with Gasteiger partial charge in [0.05, 0.1) is 10.7 Å². The lowest BCUT2D eigenvalue weighted by Gasteiger charge is -2.13. The maximum absolute atomic E-state index is 12.2. The molecule has 0 aliphatic heterocycles. The Kier molecular flexibility index (Phi) is 6.20. The molecule has 1 aromatic heterocycles. The van der Waals surface area contributed by atoms with Crippen molar-refractivity contribution >= 4 is 29.3 Å². The highest BCUT2D eigenvalue weighted by Crippen LogP contribution is 2.33. The lowest BCUT2D eigenvalue weighted by atomic mass is 10.1. The molecule has 4 aromatic rings. The van der Waals surface area contributed by atoms with Crippen LogP contribution in [0.3, 0.4) is 0 Å². The van der Waals surface area contributed by atoms with Crippen LogP contribution in [-0.4, -0.2) is 26.7 Å². The Bertz CT molecular complexity index is 1300. The molecule has 0 saturated heterocycles. The van der Waals surface area contributed by atoms with Crippen molar-refractivity contribution in [2.75, 3.05) is 0 Å². The minimum absolute atomic E-state index is 0.000352. The maximum atomic E-state index is 12.2. The minimum Gasteiger partial charge on any atom is -0.349 e. The van der Waals surface area contributed by atoms with Gasteiger partial charge in [-0.2, -0.15) is 0 Å². The molecule has 5 rings (SSSR count). The van der Waals surface area contributed by atoms with Crippen molar-refractivity contribution in [2.24, 2.45) is 0 Å². The summed E-state index contributed by atoms with van der Waals surface area (Å²) in [5.74, 6) is 1.42. The second-order valence-electron chi connectivity index (χ2n) is 8.14. The first-order valence-electron chi connectivity index (χ1n) is 10.9. The predicted octanol–water partition coefficient (Wildman–Crippen LogP) is 6.08. The van der Waals surface area contributed by atoms with E-state index in [0.29, 0.717) is 28.2 Å². The predicted molar refractivity (Wildman–Crippen MR) is 133 cm³/mol. The van der Waals surface area contributed by atoms with Crippen LogP contribution in [0.4, 0.5) is 0 Å². The SMILES string of the molecule is Cc1ccccc1-n1c(SCc2ccc(C(=O)NC3CC3)cc2)nnc1-c1ccccc1Cl. The number of carbonyl (C=O) groups is 1. The normalized spacial score (nSPS) is 13.2. The Morgan fingerprint density at radius 3 is 2.48 bits per heavy atom. The first-order chi connectivity index (χ1) is 16.1. The van der Waals surface area contributed by atoms with Crippen molar-refractivity contribution in [2.45, 2.75) is 36.7 Å². The Hall–Kier alpha value is -3.09. The number of para-hydroxylation sites is 1. The van der Waals surface area contributed by atoms with Crippen LogP contribution in [-0.2, 0) is 5.75 Å². The van der Waals surface area contributed by atoms with Gasteiger partial charge in [-0.1, -0.05) is 65.8 Å². The van der Waals surface area contributed by atoms with E-state index in [1.807, 2.05) is 60.7 Å². The Morgan fingerprint density at radius 1 is 1.03 bits per heavy atom. The van der Waals surface area contributed by atoms with E-state index in [2.05, 4.69) is 39.1 Å². The zero-order valence-electron chi connectivity index (χ0n) is 18.2. The zero-order valence-corrected chi connectivity index (χ0v) is 19.7. The molecule has 5 nitrogen and oxygen atoms in total. The summed E-state index contributed by atoms with van der Waals surface area (Å²) < 4.78 is 2.07. The molecule has 1 saturated carbocycles. The van der Waals surface area contributed by atoms with Crippen molar-refractivity contribution in [3.8, 4) is 17.1 Å². The third kappa shape index (κ3) is 4.82. The van der Waals surface area contributed by atoms with E-state index in [4.69, 9.17) is 11.6 Å². The molecule has 7 heteroatoms. The highest BCUT2D eigenvalue weighted by Gasteiger charge is 2.24. The van der Waals surface area contributed by atoms with Gasteiger partial charge in [0, 0.05) is 22.9 Å². The lowest BCUT2D eigenvalue weighted by Crippen LogP contribution is -2.25. The first-order valence-corrected chi connectivity index (χ1v) is 12.3. The molecular weight excluding hydrogens is 452 g/mol. The molecule has 0 unspecified atom stereocenters. The summed E-state index contributed by atoms with van der Waals surface area (Å²) in [6, 6.07) is 24.0. The Labute approximate surface area is 202 Å². The van der Waals surface area contributed by atoms with Crippen LogP contribution in [0, 0.1) is 6.92 Å². The summed E-state index contributed by atoms with van der Waals surface area (Å²) in [6.45, 7) is 2.07. The van der Waals surface area contributed by atoms with Gasteiger partial charge >= 0.3 is 0 Å². The monoisotopic (exact) mass is 474 g/mol. The molecule has 1 fully saturated rings. The molecule has 0 radical (unpaired) electrons. The Balaban J connectivity index is 1.42. The lowest BCUT2D eigenvalue weighted by molar-refractivity contribution is 0.0951. The number of aromatic nitrogens is 3. The van der Waals surface area contributed by atoms with Crippen LogP contribution in [0.2, 0.25) is 5.02 Å². The van der Waals surface area contributed by atoms with E-state index >= 15 is 0 Å². The molecule has 33 heavy (non-hydrogen) atoms. The van der Waals surface area contributed by atoms with Gasteiger partial charge in [0.2, 0.25) is 0 Å². The fraction of sp³-hybridized carbons (Fsp3) is 0.192. The third-order valence-corrected chi connectivity index (χ3v) is 6.93. The molecule has 0 atom stereocenters. The number of halogens is 1. The molecule has 1 N–H and O–H groups in total. The summed E-state index contributed by atoms with van der Waals surface area (Å²) >= 11 is 8.10. The first kappa shape index (κ1) is 21.7. The number of carbonyl (C=O) groups excluding carboxylic acids is 1. The second kappa shape index (κ2) is 9.41. The average Bonchev–Trinajstić information content (AvgIpc) is 3.55. The summed E-state index contributed by atoms with van der Waals surface area (Å²) in [4.78, 5) is 12.2. The van der Waals surface area contributed by atoms with E-state index in [0.717, 1.165) is 40.4 Å². The molecule has 1 heterocycles. The van der Waals surface area contributed by atoms with Gasteiger partial charge in [-0.05, 0) is 61.2 Å². The molecule has 1 aliphatic rings. The van der Waals surface area contributed by atoms with Crippen molar-refractivity contribution in [3.05, 3.63) is 94.5 Å². The van der Waals surface area contributed by atoms with Gasteiger partial charge in [-0.25, -0.2) is 0 Å². The highest BCUT2D eigenvalue weighted by molar-refractivity contribution is 7.98. The van der Waals surface area contributed by atoms with Crippen molar-refractivity contribution < 1.29 is 4.79 Å². The van der Waals surface area contributed by atoms with E-state index in [9.17, 15) is 4.79 Å². The van der Waals surface area contributed by atoms with E-state index < -0.39 is 0 Å². The number of nitrogens with zero attached hydrogens (tertiary/aromatic N) is 3. The zero-order chi connectivity index (χ0) is 22.8. The molecule has 0 bridgehead atoms. The van der Waals surface area contributed by atoms with Crippen molar-refractivity contribution in [1.29, 1.82) is 0 Å². The van der Waals surface area contributed by atoms with Crippen LogP contribution < -0.4 is 5.32 Å². The van der Waals surface area contributed by atoms with Gasteiger partial charge in [0.15, 0.2) is 11.0 Å². The van der Waals surface area contributed by atoms with Crippen molar-refractivity contribution in [3.63, 3.8) is 0 Å². The van der Waals surface area contributed by atoms with Crippen LogP contribution in [0.1, 0.15) is 34.3 Å². The molecule has 1 aliphatic carbocycles. The number of amides is 1. The quantitative estimate of drug-likeness (QED) is 0.330. The minimum atomic E-state index is 0.000352. The van der Waals surface area contributed by atoms with Crippen LogP contribution in [0.5, 0.6) is 0 Å². The third-order valence-electron chi connectivity index (χ3n) is 5.60. The number of thioether (sulfide) groups is 1. The van der Waals surface area contributed by atoms with Crippen LogP contribution >= 0.6 is 23.4 Å². The summed E-state index contributed by atoms with van der Waals surface area (Å²) in [7, 11) is 0. The largest absolute Gasteiger partial charge is 0.349 e. The topological polar surface area (TPSA) is 59.8 Å². The number of hydrogen-bond donors (Lipinski definition) is 1. The van der Waals surface area contributed by atoms with E-state index in [-0.39, 0.29) is 5.91 Å². The smallest absolute Gasteiger partial charge is 0.251 e. The van der Waals surface area contributed by atoms with Gasteiger partial charge in [-0.15, -0.1) is 10.2 Å². The van der Waals surface area contributed by atoms with Gasteiger partial charge in [0.1, 0.15) is 0 Å². The van der Waals surface area contributed by atoms with Crippen LogP contribution in [0.25, 0.3) is 17.1 Å². The molecule has 0 spiro atoms. The molecule has 166 valence electrons. The van der Waals surface area contributed by atoms with Crippen LogP contribution in [0.15, 0.2) is 78.0 Å². The second-order valence-corrected chi connectivity index (χ2v) is 9.49. The maximum Gasteiger partial charge on any atom is 0.251 e. The number of hydrogen-bond acceptors (Lipinski definition) is 4. The van der Waals surface area contributed by atoms with Gasteiger partial charge in [-0.3, -0.25) is 9.36 Å². The van der Waals surface area contributed by atoms with E-state index in [1.165, 1.54) is 0 Å². The summed E-state index contributed by atoms with van der Waals surface area (Å²) in [5, 5.41) is 13.5.